The number of aryl methyl sites for hydroxylation is 1. The lowest BCUT2D eigenvalue weighted by molar-refractivity contribution is 0.553. The molecular formula is C16H31N3. The van der Waals surface area contributed by atoms with Gasteiger partial charge in [0.2, 0.25) is 0 Å². The van der Waals surface area contributed by atoms with E-state index in [0.29, 0.717) is 0 Å². The number of hydrogen-bond acceptors (Lipinski definition) is 2. The number of nitrogens with zero attached hydrogens (tertiary/aromatic N) is 2. The molecule has 0 atom stereocenters. The maximum absolute atomic E-state index is 4.32. The Labute approximate surface area is 118 Å². The molecule has 0 bridgehead atoms. The Balaban J connectivity index is 1.80. The van der Waals surface area contributed by atoms with E-state index < -0.39 is 0 Å². The highest BCUT2D eigenvalue weighted by molar-refractivity contribution is 4.91. The van der Waals surface area contributed by atoms with Crippen molar-refractivity contribution in [1.82, 2.24) is 14.9 Å². The second kappa shape index (κ2) is 11.0. The molecule has 110 valence electrons. The van der Waals surface area contributed by atoms with Crippen LogP contribution < -0.4 is 5.32 Å². The Hall–Kier alpha value is -0.830. The normalized spacial score (nSPS) is 11.1. The molecule has 0 unspecified atom stereocenters. The lowest BCUT2D eigenvalue weighted by atomic mass is 10.1. The molecule has 0 saturated carbocycles. The van der Waals surface area contributed by atoms with E-state index in [9.17, 15) is 0 Å². The van der Waals surface area contributed by atoms with Crippen LogP contribution in [0.15, 0.2) is 12.4 Å². The van der Waals surface area contributed by atoms with Gasteiger partial charge in [0.15, 0.2) is 0 Å². The molecule has 1 aromatic heterocycles. The summed E-state index contributed by atoms with van der Waals surface area (Å²) in [6, 6.07) is 0. The van der Waals surface area contributed by atoms with Crippen LogP contribution in [0.5, 0.6) is 0 Å². The van der Waals surface area contributed by atoms with E-state index in [4.69, 9.17) is 0 Å². The van der Waals surface area contributed by atoms with Crippen LogP contribution in [0, 0.1) is 0 Å². The van der Waals surface area contributed by atoms with Gasteiger partial charge < -0.3 is 9.88 Å². The van der Waals surface area contributed by atoms with Crippen LogP contribution in [-0.4, -0.2) is 22.6 Å². The van der Waals surface area contributed by atoms with Crippen molar-refractivity contribution in [2.24, 2.45) is 7.05 Å². The summed E-state index contributed by atoms with van der Waals surface area (Å²) in [4.78, 5) is 4.32. The highest BCUT2D eigenvalue weighted by Gasteiger charge is 1.97. The second-order valence-electron chi connectivity index (χ2n) is 5.43. The molecule has 0 fully saturated rings. The van der Waals surface area contributed by atoms with Gasteiger partial charge in [-0.05, 0) is 13.0 Å². The molecule has 0 amide bonds. The summed E-state index contributed by atoms with van der Waals surface area (Å²) in [6.45, 7) is 4.47. The molecule has 0 aliphatic rings. The zero-order valence-electron chi connectivity index (χ0n) is 12.8. The van der Waals surface area contributed by atoms with Crippen LogP contribution in [-0.2, 0) is 13.5 Å². The minimum absolute atomic E-state index is 1.03. The van der Waals surface area contributed by atoms with Crippen molar-refractivity contribution >= 4 is 0 Å². The highest BCUT2D eigenvalue weighted by Crippen LogP contribution is 2.07. The van der Waals surface area contributed by atoms with Gasteiger partial charge in [0.05, 0.1) is 0 Å². The van der Waals surface area contributed by atoms with Crippen molar-refractivity contribution in [2.45, 2.75) is 64.7 Å². The smallest absolute Gasteiger partial charge is 0.109 e. The molecule has 19 heavy (non-hydrogen) atoms. The predicted octanol–water partition coefficient (Wildman–Crippen LogP) is 3.69. The van der Waals surface area contributed by atoms with Crippen LogP contribution in [0.2, 0.25) is 0 Å². The van der Waals surface area contributed by atoms with E-state index >= 15 is 0 Å². The first-order valence-corrected chi connectivity index (χ1v) is 8.01. The van der Waals surface area contributed by atoms with Crippen molar-refractivity contribution < 1.29 is 0 Å². The third-order valence-corrected chi connectivity index (χ3v) is 3.65. The number of imidazole rings is 1. The molecule has 0 radical (unpaired) electrons. The molecule has 0 aliphatic carbocycles. The first-order chi connectivity index (χ1) is 9.34. The zero-order chi connectivity index (χ0) is 13.8. The van der Waals surface area contributed by atoms with Crippen LogP contribution in [0.3, 0.4) is 0 Å². The number of nitrogens with one attached hydrogen (secondary N) is 1. The third-order valence-electron chi connectivity index (χ3n) is 3.65. The number of rotatable bonds is 12. The molecular weight excluding hydrogens is 234 g/mol. The largest absolute Gasteiger partial charge is 0.338 e. The minimum atomic E-state index is 1.03. The Bertz CT molecular complexity index is 307. The zero-order valence-corrected chi connectivity index (χ0v) is 12.8. The molecule has 1 rings (SSSR count). The van der Waals surface area contributed by atoms with Crippen molar-refractivity contribution in [3.63, 3.8) is 0 Å². The van der Waals surface area contributed by atoms with Crippen LogP contribution in [0.4, 0.5) is 0 Å². The third kappa shape index (κ3) is 8.04. The highest BCUT2D eigenvalue weighted by atomic mass is 15.0. The summed E-state index contributed by atoms with van der Waals surface area (Å²) >= 11 is 0. The average molecular weight is 265 g/mol. The van der Waals surface area contributed by atoms with Gasteiger partial charge in [0.25, 0.3) is 0 Å². The van der Waals surface area contributed by atoms with Gasteiger partial charge in [-0.3, -0.25) is 0 Å². The summed E-state index contributed by atoms with van der Waals surface area (Å²) in [5.41, 5.74) is 0. The van der Waals surface area contributed by atoms with Crippen LogP contribution >= 0.6 is 0 Å². The van der Waals surface area contributed by atoms with Crippen molar-refractivity contribution in [3.8, 4) is 0 Å². The van der Waals surface area contributed by atoms with Gasteiger partial charge in [-0.1, -0.05) is 51.9 Å². The van der Waals surface area contributed by atoms with Crippen LogP contribution in [0.1, 0.15) is 64.1 Å². The number of unbranched alkanes of at least 4 members (excludes halogenated alkanes) is 7. The van der Waals surface area contributed by atoms with Gasteiger partial charge in [0, 0.05) is 32.4 Å². The first kappa shape index (κ1) is 16.2. The van der Waals surface area contributed by atoms with Gasteiger partial charge in [-0.25, -0.2) is 4.98 Å². The van der Waals surface area contributed by atoms with Gasteiger partial charge in [-0.2, -0.15) is 0 Å². The summed E-state index contributed by atoms with van der Waals surface area (Å²) < 4.78 is 2.10. The topological polar surface area (TPSA) is 29.9 Å². The monoisotopic (exact) mass is 265 g/mol. The summed E-state index contributed by atoms with van der Waals surface area (Å²) in [7, 11) is 2.06. The van der Waals surface area contributed by atoms with E-state index in [1.165, 1.54) is 57.2 Å². The molecule has 0 aliphatic heterocycles. The van der Waals surface area contributed by atoms with Crippen molar-refractivity contribution in [3.05, 3.63) is 18.2 Å². The average Bonchev–Trinajstić information content (AvgIpc) is 2.82. The van der Waals surface area contributed by atoms with Crippen molar-refractivity contribution in [1.29, 1.82) is 0 Å². The van der Waals surface area contributed by atoms with Gasteiger partial charge in [0.1, 0.15) is 5.82 Å². The van der Waals surface area contributed by atoms with E-state index in [1.54, 1.807) is 0 Å². The van der Waals surface area contributed by atoms with E-state index in [2.05, 4.69) is 28.8 Å². The minimum Gasteiger partial charge on any atom is -0.338 e. The molecule has 1 heterocycles. The first-order valence-electron chi connectivity index (χ1n) is 8.01. The molecule has 0 spiro atoms. The van der Waals surface area contributed by atoms with E-state index in [1.807, 2.05) is 12.4 Å². The Morgan fingerprint density at radius 2 is 1.68 bits per heavy atom. The van der Waals surface area contributed by atoms with E-state index in [0.717, 1.165) is 19.5 Å². The molecule has 3 nitrogen and oxygen atoms in total. The quantitative estimate of drug-likeness (QED) is 0.584. The number of hydrogen-bond donors (Lipinski definition) is 1. The Morgan fingerprint density at radius 3 is 2.32 bits per heavy atom. The fourth-order valence-corrected chi connectivity index (χ4v) is 2.35. The van der Waals surface area contributed by atoms with Crippen LogP contribution in [0.25, 0.3) is 0 Å². The SMILES string of the molecule is CCCCCCCCCCNCCc1nccn1C. The molecule has 1 N–H and O–H groups in total. The standard InChI is InChI=1S/C16H31N3/c1-3-4-5-6-7-8-9-10-12-17-13-11-16-18-14-15-19(16)2/h14-15,17H,3-13H2,1-2H3. The summed E-state index contributed by atoms with van der Waals surface area (Å²) in [5.74, 6) is 1.17. The fourth-order valence-electron chi connectivity index (χ4n) is 2.35. The molecule has 3 heteroatoms. The molecule has 1 aromatic rings. The fraction of sp³-hybridized carbons (Fsp3) is 0.812. The summed E-state index contributed by atoms with van der Waals surface area (Å²) in [5, 5.41) is 3.51. The number of aromatic nitrogens is 2. The maximum atomic E-state index is 4.32. The lowest BCUT2D eigenvalue weighted by Gasteiger charge is -2.05. The van der Waals surface area contributed by atoms with Gasteiger partial charge >= 0.3 is 0 Å². The Morgan fingerprint density at radius 1 is 1.00 bits per heavy atom. The lowest BCUT2D eigenvalue weighted by Crippen LogP contribution is -2.19. The van der Waals surface area contributed by atoms with Crippen molar-refractivity contribution in [2.75, 3.05) is 13.1 Å². The van der Waals surface area contributed by atoms with Gasteiger partial charge in [-0.15, -0.1) is 0 Å². The second-order valence-corrected chi connectivity index (χ2v) is 5.43. The molecule has 0 aromatic carbocycles. The maximum Gasteiger partial charge on any atom is 0.109 e. The van der Waals surface area contributed by atoms with E-state index in [-0.39, 0.29) is 0 Å². The summed E-state index contributed by atoms with van der Waals surface area (Å²) in [6.07, 6.45) is 16.0. The Kier molecular flexibility index (Phi) is 9.42. The molecule has 0 saturated heterocycles. The predicted molar refractivity (Wildman–Crippen MR) is 82.4 cm³/mol.